The molecule has 2 N–H and O–H groups in total. The van der Waals surface area contributed by atoms with Gasteiger partial charge in [0.25, 0.3) is 0 Å². The number of rotatable bonds is 7. The van der Waals surface area contributed by atoms with Crippen molar-refractivity contribution in [1.29, 1.82) is 0 Å². The lowest BCUT2D eigenvalue weighted by molar-refractivity contribution is -0.143. The second-order valence-corrected chi connectivity index (χ2v) is 12.6. The van der Waals surface area contributed by atoms with E-state index in [1.165, 1.54) is 18.2 Å². The molecule has 2 saturated heterocycles. The number of ketones is 1. The van der Waals surface area contributed by atoms with Gasteiger partial charge in [-0.05, 0) is 67.4 Å². The van der Waals surface area contributed by atoms with Gasteiger partial charge in [-0.15, -0.1) is 0 Å². The minimum Gasteiger partial charge on any atom is -0.322 e. The molecule has 5 rings (SSSR count). The lowest BCUT2D eigenvalue weighted by Crippen LogP contribution is -2.68. The number of carbonyl (C=O) groups excluding carboxylic acids is 2. The van der Waals surface area contributed by atoms with E-state index in [1.54, 1.807) is 0 Å². The van der Waals surface area contributed by atoms with Crippen molar-refractivity contribution in [2.75, 3.05) is 39.3 Å². The summed E-state index contributed by atoms with van der Waals surface area (Å²) in [6.07, 6.45) is -9.01. The predicted octanol–water partition coefficient (Wildman–Crippen LogP) is 6.88. The fourth-order valence-electron chi connectivity index (χ4n) is 6.57. The topological polar surface area (TPSA) is 69.9 Å². The van der Waals surface area contributed by atoms with Gasteiger partial charge in [-0.2, -0.15) is 26.3 Å². The number of nitrogens with two attached hydrogens (primary N) is 1. The number of nitrogens with zero attached hydrogens (tertiary/aromatic N) is 3. The van der Waals surface area contributed by atoms with Crippen molar-refractivity contribution in [1.82, 2.24) is 14.7 Å². The molecule has 0 bridgehead atoms. The summed E-state index contributed by atoms with van der Waals surface area (Å²) in [5, 5.41) is 0.0921. The molecule has 1 atom stereocenters. The molecule has 1 amide bonds. The van der Waals surface area contributed by atoms with Gasteiger partial charge < -0.3 is 10.6 Å². The third-order valence-electron chi connectivity index (χ3n) is 8.92. The number of piperidine rings is 1. The van der Waals surface area contributed by atoms with E-state index < -0.39 is 52.8 Å². The quantitative estimate of drug-likeness (QED) is 0.215. The zero-order valence-corrected chi connectivity index (χ0v) is 26.6. The van der Waals surface area contributed by atoms with Crippen molar-refractivity contribution in [3.63, 3.8) is 0 Å². The standard InChI is InChI=1S/C33H32Cl2F6N4O2/c34-27-7-6-23(17-28(27)35)31(30(47)22-14-24(32(36,37)38)16-25(15-22)33(39,40)41)20-44(12-13-45(31)29(46)18-42)26-8-10-43(11-9-26)19-21-4-2-1-3-5-21/h1-7,14-17,26H,8-13,18-20,42H2. The normalized spacial score (nSPS) is 20.4. The lowest BCUT2D eigenvalue weighted by Gasteiger charge is -2.52. The molecule has 2 aliphatic rings. The molecule has 1 unspecified atom stereocenters. The first kappa shape index (κ1) is 35.2. The number of hydrogen-bond acceptors (Lipinski definition) is 5. The van der Waals surface area contributed by atoms with Gasteiger partial charge in [0.2, 0.25) is 5.91 Å². The molecule has 2 aliphatic heterocycles. The van der Waals surface area contributed by atoms with Crippen LogP contribution in [0.3, 0.4) is 0 Å². The number of amides is 1. The van der Waals surface area contributed by atoms with Crippen LogP contribution in [0, 0.1) is 0 Å². The first-order chi connectivity index (χ1) is 22.1. The van der Waals surface area contributed by atoms with Crippen LogP contribution in [0.1, 0.15) is 45.5 Å². The van der Waals surface area contributed by atoms with Crippen molar-refractivity contribution >= 4 is 34.9 Å². The maximum atomic E-state index is 14.7. The smallest absolute Gasteiger partial charge is 0.322 e. The fourth-order valence-corrected chi connectivity index (χ4v) is 6.87. The predicted molar refractivity (Wildman–Crippen MR) is 166 cm³/mol. The lowest BCUT2D eigenvalue weighted by atomic mass is 9.77. The highest BCUT2D eigenvalue weighted by atomic mass is 35.5. The molecule has 6 nitrogen and oxygen atoms in total. The second kappa shape index (κ2) is 13.8. The number of Topliss-reactive ketones (excluding diaryl/α,β-unsaturated/α-hetero) is 1. The van der Waals surface area contributed by atoms with Crippen LogP contribution >= 0.6 is 23.2 Å². The zero-order chi connectivity index (χ0) is 34.1. The highest BCUT2D eigenvalue weighted by molar-refractivity contribution is 6.42. The van der Waals surface area contributed by atoms with Crippen LogP contribution < -0.4 is 5.73 Å². The van der Waals surface area contributed by atoms with Crippen molar-refractivity contribution in [2.24, 2.45) is 5.73 Å². The largest absolute Gasteiger partial charge is 0.416 e. The molecule has 0 aliphatic carbocycles. The summed E-state index contributed by atoms with van der Waals surface area (Å²) in [6.45, 7) is 1.67. The first-order valence-electron chi connectivity index (χ1n) is 14.9. The molecule has 252 valence electrons. The van der Waals surface area contributed by atoms with Crippen molar-refractivity contribution < 1.29 is 35.9 Å². The minimum absolute atomic E-state index is 0.0112. The van der Waals surface area contributed by atoms with Crippen LogP contribution in [-0.2, 0) is 29.2 Å². The maximum Gasteiger partial charge on any atom is 0.416 e. The van der Waals surface area contributed by atoms with E-state index in [0.717, 1.165) is 30.1 Å². The van der Waals surface area contributed by atoms with Crippen LogP contribution in [0.25, 0.3) is 0 Å². The van der Waals surface area contributed by atoms with E-state index in [4.69, 9.17) is 28.9 Å². The summed E-state index contributed by atoms with van der Waals surface area (Å²) in [4.78, 5) is 33.5. The number of hydrogen-bond donors (Lipinski definition) is 1. The molecule has 0 spiro atoms. The Balaban J connectivity index is 1.58. The van der Waals surface area contributed by atoms with Crippen molar-refractivity contribution in [3.8, 4) is 0 Å². The molecule has 3 aromatic rings. The van der Waals surface area contributed by atoms with Crippen LogP contribution in [-0.4, -0.2) is 71.7 Å². The monoisotopic (exact) mass is 700 g/mol. The van der Waals surface area contributed by atoms with Gasteiger partial charge in [0, 0.05) is 37.8 Å². The third-order valence-corrected chi connectivity index (χ3v) is 9.66. The van der Waals surface area contributed by atoms with Crippen molar-refractivity contribution in [2.45, 2.75) is 43.3 Å². The van der Waals surface area contributed by atoms with Gasteiger partial charge in [-0.1, -0.05) is 59.6 Å². The Kier molecular flexibility index (Phi) is 10.3. The maximum absolute atomic E-state index is 14.7. The number of alkyl halides is 6. The third kappa shape index (κ3) is 7.46. The van der Waals surface area contributed by atoms with Crippen molar-refractivity contribution in [3.05, 3.63) is 105 Å². The van der Waals surface area contributed by atoms with E-state index in [9.17, 15) is 35.9 Å². The fraction of sp³-hybridized carbons (Fsp3) is 0.394. The van der Waals surface area contributed by atoms with Gasteiger partial charge in [0.1, 0.15) is 5.54 Å². The van der Waals surface area contributed by atoms with Gasteiger partial charge >= 0.3 is 12.4 Å². The molecule has 0 radical (unpaired) electrons. The van der Waals surface area contributed by atoms with E-state index in [-0.39, 0.29) is 40.8 Å². The molecule has 0 aromatic heterocycles. The number of benzene rings is 3. The number of carbonyl (C=O) groups is 2. The average molecular weight is 702 g/mol. The Bertz CT molecular complexity index is 1580. The van der Waals surface area contributed by atoms with Crippen LogP contribution in [0.2, 0.25) is 10.0 Å². The summed E-state index contributed by atoms with van der Waals surface area (Å²) >= 11 is 12.5. The Labute approximate surface area is 278 Å². The zero-order valence-electron chi connectivity index (χ0n) is 25.1. The Morgan fingerprint density at radius 2 is 1.43 bits per heavy atom. The number of piperazine rings is 1. The Morgan fingerprint density at radius 1 is 0.809 bits per heavy atom. The second-order valence-electron chi connectivity index (χ2n) is 11.8. The number of likely N-dealkylation sites (tertiary alicyclic amines) is 1. The highest BCUT2D eigenvalue weighted by Crippen LogP contribution is 2.43. The van der Waals surface area contributed by atoms with E-state index in [1.807, 2.05) is 35.2 Å². The minimum atomic E-state index is -5.19. The molecule has 47 heavy (non-hydrogen) atoms. The van der Waals surface area contributed by atoms with Crippen LogP contribution in [0.4, 0.5) is 26.3 Å². The molecule has 2 fully saturated rings. The SMILES string of the molecule is NCC(=O)N1CCN(C2CCN(Cc3ccccc3)CC2)CC1(C(=O)c1cc(C(F)(F)F)cc(C(F)(F)F)c1)c1ccc(Cl)c(Cl)c1. The van der Waals surface area contributed by atoms with E-state index in [0.29, 0.717) is 31.5 Å². The summed E-state index contributed by atoms with van der Waals surface area (Å²) in [5.41, 5.74) is 0.783. The first-order valence-corrected chi connectivity index (χ1v) is 15.7. The molecule has 2 heterocycles. The Hall–Kier alpha value is -3.16. The van der Waals surface area contributed by atoms with Gasteiger partial charge in [0.05, 0.1) is 27.7 Å². The van der Waals surface area contributed by atoms with Gasteiger partial charge in [-0.3, -0.25) is 19.4 Å². The molecule has 0 saturated carbocycles. The summed E-state index contributed by atoms with van der Waals surface area (Å²) in [5.74, 6) is -1.83. The summed E-state index contributed by atoms with van der Waals surface area (Å²) in [6, 6.07) is 14.7. The Morgan fingerprint density at radius 3 is 1.98 bits per heavy atom. The van der Waals surface area contributed by atoms with E-state index >= 15 is 0 Å². The van der Waals surface area contributed by atoms with Crippen LogP contribution in [0.5, 0.6) is 0 Å². The summed E-state index contributed by atoms with van der Waals surface area (Å²) in [7, 11) is 0. The molecular formula is C33H32Cl2F6N4O2. The summed E-state index contributed by atoms with van der Waals surface area (Å²) < 4.78 is 83.3. The van der Waals surface area contributed by atoms with Gasteiger partial charge in [-0.25, -0.2) is 0 Å². The number of halogens is 8. The molecule has 14 heteroatoms. The molecular weight excluding hydrogens is 669 g/mol. The van der Waals surface area contributed by atoms with E-state index in [2.05, 4.69) is 4.90 Å². The average Bonchev–Trinajstić information content (AvgIpc) is 3.04. The van der Waals surface area contributed by atoms with Crippen LogP contribution in [0.15, 0.2) is 66.7 Å². The van der Waals surface area contributed by atoms with Gasteiger partial charge in [0.15, 0.2) is 5.78 Å². The highest BCUT2D eigenvalue weighted by Gasteiger charge is 2.53. The molecule has 3 aromatic carbocycles.